The van der Waals surface area contributed by atoms with E-state index in [2.05, 4.69) is 14.9 Å². The van der Waals surface area contributed by atoms with Gasteiger partial charge in [-0.25, -0.2) is 4.98 Å². The standard InChI is InChI=1S/C19H20F3N5/c1-26-5-7-27(8-6-26)14-10-12(9-13(11-14)19(20,21)22)18-24-16-4-2-3-15(23)17(16)25-18/h2-4,9-11H,5-8,23H2,1H3,(H,24,25). The van der Waals surface area contributed by atoms with E-state index in [-0.39, 0.29) is 0 Å². The topological polar surface area (TPSA) is 61.2 Å². The molecule has 0 unspecified atom stereocenters. The molecule has 142 valence electrons. The van der Waals surface area contributed by atoms with Crippen LogP contribution in [0.15, 0.2) is 36.4 Å². The maximum atomic E-state index is 13.5. The fraction of sp³-hybridized carbons (Fsp3) is 0.316. The number of nitrogens with two attached hydrogens (primary N) is 1. The van der Waals surface area contributed by atoms with Crippen molar-refractivity contribution in [3.8, 4) is 11.4 Å². The molecule has 1 aromatic heterocycles. The minimum Gasteiger partial charge on any atom is -0.397 e. The maximum Gasteiger partial charge on any atom is 0.416 e. The van der Waals surface area contributed by atoms with E-state index in [4.69, 9.17) is 5.73 Å². The molecule has 0 spiro atoms. The number of halogens is 3. The second-order valence-electron chi connectivity index (χ2n) is 6.89. The van der Waals surface area contributed by atoms with E-state index >= 15 is 0 Å². The normalized spacial score (nSPS) is 16.2. The smallest absolute Gasteiger partial charge is 0.397 e. The first-order chi connectivity index (χ1) is 12.8. The fourth-order valence-electron chi connectivity index (χ4n) is 3.35. The highest BCUT2D eigenvalue weighted by molar-refractivity contribution is 5.89. The minimum atomic E-state index is -4.43. The third-order valence-electron chi connectivity index (χ3n) is 4.93. The second kappa shape index (κ2) is 6.45. The number of fused-ring (bicyclic) bond motifs is 1. The van der Waals surface area contributed by atoms with Crippen molar-refractivity contribution >= 4 is 22.4 Å². The van der Waals surface area contributed by atoms with Crippen LogP contribution in [0.5, 0.6) is 0 Å². The predicted octanol–water partition coefficient (Wildman–Crippen LogP) is 3.58. The number of imidazole rings is 1. The Morgan fingerprint density at radius 1 is 1.07 bits per heavy atom. The lowest BCUT2D eigenvalue weighted by Crippen LogP contribution is -2.44. The third-order valence-corrected chi connectivity index (χ3v) is 4.93. The molecule has 2 heterocycles. The van der Waals surface area contributed by atoms with Gasteiger partial charge in [0.1, 0.15) is 11.3 Å². The van der Waals surface area contributed by atoms with Crippen LogP contribution in [0.25, 0.3) is 22.4 Å². The molecule has 8 heteroatoms. The number of nitrogen functional groups attached to an aromatic ring is 1. The zero-order valence-corrected chi connectivity index (χ0v) is 14.8. The predicted molar refractivity (Wildman–Crippen MR) is 101 cm³/mol. The largest absolute Gasteiger partial charge is 0.416 e. The Kier molecular flexibility index (Phi) is 4.22. The Morgan fingerprint density at radius 3 is 2.48 bits per heavy atom. The first-order valence-corrected chi connectivity index (χ1v) is 8.71. The second-order valence-corrected chi connectivity index (χ2v) is 6.89. The van der Waals surface area contributed by atoms with Crippen LogP contribution >= 0.6 is 0 Å². The highest BCUT2D eigenvalue weighted by Crippen LogP contribution is 2.36. The monoisotopic (exact) mass is 375 g/mol. The highest BCUT2D eigenvalue weighted by Gasteiger charge is 2.32. The van der Waals surface area contributed by atoms with Crippen molar-refractivity contribution in [3.05, 3.63) is 42.0 Å². The molecule has 4 rings (SSSR count). The SMILES string of the molecule is CN1CCN(c2cc(-c3nc4c(N)cccc4[nH]3)cc(C(F)(F)F)c2)CC1. The van der Waals surface area contributed by atoms with E-state index in [1.807, 2.05) is 11.9 Å². The van der Waals surface area contributed by atoms with Crippen LogP contribution in [0.2, 0.25) is 0 Å². The van der Waals surface area contributed by atoms with Gasteiger partial charge < -0.3 is 20.5 Å². The van der Waals surface area contributed by atoms with Crippen LogP contribution < -0.4 is 10.6 Å². The molecular formula is C19H20F3N5. The Hall–Kier alpha value is -2.74. The zero-order chi connectivity index (χ0) is 19.2. The summed E-state index contributed by atoms with van der Waals surface area (Å²) in [6, 6.07) is 9.40. The van der Waals surface area contributed by atoms with Gasteiger partial charge in [-0.3, -0.25) is 0 Å². The fourth-order valence-corrected chi connectivity index (χ4v) is 3.35. The molecule has 0 saturated carbocycles. The summed E-state index contributed by atoms with van der Waals surface area (Å²) in [6.07, 6.45) is -4.43. The summed E-state index contributed by atoms with van der Waals surface area (Å²) in [5.41, 5.74) is 7.95. The lowest BCUT2D eigenvalue weighted by Gasteiger charge is -2.34. The Morgan fingerprint density at radius 2 is 1.81 bits per heavy atom. The number of rotatable bonds is 2. The van der Waals surface area contributed by atoms with E-state index < -0.39 is 11.7 Å². The summed E-state index contributed by atoms with van der Waals surface area (Å²) in [5.74, 6) is 0.379. The lowest BCUT2D eigenvalue weighted by molar-refractivity contribution is -0.137. The summed E-state index contributed by atoms with van der Waals surface area (Å²) >= 11 is 0. The van der Waals surface area contributed by atoms with Gasteiger partial charge >= 0.3 is 6.18 Å². The number of hydrogen-bond donors (Lipinski definition) is 2. The van der Waals surface area contributed by atoms with Crippen LogP contribution in [0.4, 0.5) is 24.5 Å². The summed E-state index contributed by atoms with van der Waals surface area (Å²) in [4.78, 5) is 11.7. The number of para-hydroxylation sites is 1. The number of aromatic nitrogens is 2. The van der Waals surface area contributed by atoms with E-state index in [1.54, 1.807) is 24.3 Å². The molecule has 3 N–H and O–H groups in total. The third kappa shape index (κ3) is 3.44. The van der Waals surface area contributed by atoms with Crippen LogP contribution in [0.3, 0.4) is 0 Å². The number of alkyl halides is 3. The van der Waals surface area contributed by atoms with E-state index in [0.717, 1.165) is 19.2 Å². The van der Waals surface area contributed by atoms with Gasteiger partial charge in [0.2, 0.25) is 0 Å². The molecular weight excluding hydrogens is 355 g/mol. The van der Waals surface area contributed by atoms with Crippen molar-refractivity contribution in [2.24, 2.45) is 0 Å². The molecule has 0 bridgehead atoms. The van der Waals surface area contributed by atoms with Crippen LogP contribution in [0.1, 0.15) is 5.56 Å². The van der Waals surface area contributed by atoms with Gasteiger partial charge in [0.05, 0.1) is 16.8 Å². The summed E-state index contributed by atoms with van der Waals surface area (Å²) in [7, 11) is 2.01. The van der Waals surface area contributed by atoms with Crippen molar-refractivity contribution in [2.45, 2.75) is 6.18 Å². The molecule has 0 amide bonds. The van der Waals surface area contributed by atoms with Gasteiger partial charge in [0.25, 0.3) is 0 Å². The van der Waals surface area contributed by atoms with E-state index in [1.165, 1.54) is 6.07 Å². The van der Waals surface area contributed by atoms with Crippen molar-refractivity contribution in [1.82, 2.24) is 14.9 Å². The summed E-state index contributed by atoms with van der Waals surface area (Å²) in [6.45, 7) is 2.99. The minimum absolute atomic E-state index is 0.379. The molecule has 1 saturated heterocycles. The number of aromatic amines is 1. The van der Waals surface area contributed by atoms with Gasteiger partial charge in [-0.15, -0.1) is 0 Å². The van der Waals surface area contributed by atoms with Crippen LogP contribution in [-0.2, 0) is 6.18 Å². The van der Waals surface area contributed by atoms with E-state index in [0.29, 0.717) is 46.9 Å². The van der Waals surface area contributed by atoms with E-state index in [9.17, 15) is 13.2 Å². The Labute approximate surface area is 154 Å². The first-order valence-electron chi connectivity index (χ1n) is 8.71. The van der Waals surface area contributed by atoms with Gasteiger partial charge in [0, 0.05) is 37.4 Å². The van der Waals surface area contributed by atoms with Crippen LogP contribution in [0, 0.1) is 0 Å². The highest BCUT2D eigenvalue weighted by atomic mass is 19.4. The average Bonchev–Trinajstić information content (AvgIpc) is 3.07. The molecule has 3 aromatic rings. The number of H-pyrrole nitrogens is 1. The zero-order valence-electron chi connectivity index (χ0n) is 14.8. The van der Waals surface area contributed by atoms with Crippen molar-refractivity contribution in [2.75, 3.05) is 43.9 Å². The molecule has 1 fully saturated rings. The molecule has 1 aliphatic rings. The van der Waals surface area contributed by atoms with Crippen molar-refractivity contribution < 1.29 is 13.2 Å². The number of nitrogens with one attached hydrogen (secondary N) is 1. The van der Waals surface area contributed by atoms with Gasteiger partial charge in [0.15, 0.2) is 0 Å². The molecule has 2 aromatic carbocycles. The lowest BCUT2D eigenvalue weighted by atomic mass is 10.1. The molecule has 27 heavy (non-hydrogen) atoms. The van der Waals surface area contributed by atoms with Crippen LogP contribution in [-0.4, -0.2) is 48.1 Å². The molecule has 0 aliphatic carbocycles. The number of anilines is 2. The maximum absolute atomic E-state index is 13.5. The molecule has 5 nitrogen and oxygen atoms in total. The number of benzene rings is 2. The van der Waals surface area contributed by atoms with Crippen molar-refractivity contribution in [1.29, 1.82) is 0 Å². The number of piperazine rings is 1. The Balaban J connectivity index is 1.81. The van der Waals surface area contributed by atoms with Gasteiger partial charge in [-0.2, -0.15) is 13.2 Å². The summed E-state index contributed by atoms with van der Waals surface area (Å²) < 4.78 is 40.5. The van der Waals surface area contributed by atoms with Gasteiger partial charge in [-0.05, 0) is 37.4 Å². The first kappa shape index (κ1) is 17.7. The number of likely N-dealkylation sites (N-methyl/N-ethyl adjacent to an activating group) is 1. The molecule has 0 radical (unpaired) electrons. The van der Waals surface area contributed by atoms with Gasteiger partial charge in [-0.1, -0.05) is 6.07 Å². The number of hydrogen-bond acceptors (Lipinski definition) is 4. The van der Waals surface area contributed by atoms with Crippen molar-refractivity contribution in [3.63, 3.8) is 0 Å². The summed E-state index contributed by atoms with van der Waals surface area (Å²) in [5, 5.41) is 0. The average molecular weight is 375 g/mol. The number of nitrogens with zero attached hydrogens (tertiary/aromatic N) is 3. The molecule has 1 aliphatic heterocycles. The Bertz CT molecular complexity index is 971. The molecule has 0 atom stereocenters. The quantitative estimate of drug-likeness (QED) is 0.672.